The first-order valence-corrected chi connectivity index (χ1v) is 7.50. The molecule has 2 aromatic heterocycles. The van der Waals surface area contributed by atoms with Crippen molar-refractivity contribution in [2.75, 3.05) is 6.54 Å². The fraction of sp³-hybridized carbons (Fsp3) is 0.250. The van der Waals surface area contributed by atoms with Crippen LogP contribution in [0.5, 0.6) is 0 Å². The smallest absolute Gasteiger partial charge is 0.242 e. The molecule has 0 aliphatic carbocycles. The molecule has 0 atom stereocenters. The normalized spacial score (nSPS) is 15.4. The van der Waals surface area contributed by atoms with E-state index in [1.807, 2.05) is 24.3 Å². The predicted molar refractivity (Wildman–Crippen MR) is 84.7 cm³/mol. The van der Waals surface area contributed by atoms with Crippen LogP contribution in [-0.2, 0) is 11.2 Å². The Hall–Kier alpha value is -2.27. The van der Waals surface area contributed by atoms with E-state index in [1.54, 1.807) is 18.5 Å². The number of halogens is 1. The topological polar surface area (TPSA) is 58.5 Å². The highest BCUT2D eigenvalue weighted by molar-refractivity contribution is 6.29. The lowest BCUT2D eigenvalue weighted by Crippen LogP contribution is -2.22. The molecule has 3 rings (SSSR count). The number of carbonyl (C=O) groups excluding carboxylic acids is 1. The molecule has 0 spiro atoms. The number of aromatic nitrogens is 2. The predicted octanol–water partition coefficient (Wildman–Crippen LogP) is 2.70. The van der Waals surface area contributed by atoms with Gasteiger partial charge in [0.05, 0.1) is 11.4 Å². The van der Waals surface area contributed by atoms with Crippen LogP contribution in [-0.4, -0.2) is 33.1 Å². The van der Waals surface area contributed by atoms with Gasteiger partial charge in [0.25, 0.3) is 0 Å². The van der Waals surface area contributed by atoms with Crippen LogP contribution in [0.3, 0.4) is 0 Å². The van der Waals surface area contributed by atoms with E-state index in [2.05, 4.69) is 15.1 Å². The van der Waals surface area contributed by atoms with Crippen molar-refractivity contribution >= 4 is 23.2 Å². The van der Waals surface area contributed by atoms with Crippen LogP contribution in [0.15, 0.2) is 47.8 Å². The summed E-state index contributed by atoms with van der Waals surface area (Å²) < 4.78 is 0. The summed E-state index contributed by atoms with van der Waals surface area (Å²) in [6.07, 6.45) is 5.33. The fourth-order valence-electron chi connectivity index (χ4n) is 2.34. The average molecular weight is 315 g/mol. The Kier molecular flexibility index (Phi) is 4.44. The molecule has 0 unspecified atom stereocenters. The van der Waals surface area contributed by atoms with E-state index in [-0.39, 0.29) is 5.91 Å². The van der Waals surface area contributed by atoms with Crippen LogP contribution in [0, 0.1) is 0 Å². The first kappa shape index (κ1) is 14.7. The van der Waals surface area contributed by atoms with Crippen molar-refractivity contribution in [3.05, 3.63) is 59.1 Å². The van der Waals surface area contributed by atoms with Crippen molar-refractivity contribution in [2.45, 2.75) is 19.3 Å². The molecular formula is C16H15ClN4O. The molecule has 0 bridgehead atoms. The first-order valence-electron chi connectivity index (χ1n) is 7.12. The molecule has 1 aliphatic heterocycles. The maximum atomic E-state index is 11.8. The van der Waals surface area contributed by atoms with E-state index >= 15 is 0 Å². The number of rotatable bonds is 4. The zero-order chi connectivity index (χ0) is 15.4. The third-order valence-electron chi connectivity index (χ3n) is 3.41. The highest BCUT2D eigenvalue weighted by Gasteiger charge is 2.21. The second-order valence-electron chi connectivity index (χ2n) is 5.05. The molecule has 1 aliphatic rings. The molecule has 0 saturated carbocycles. The highest BCUT2D eigenvalue weighted by atomic mass is 35.5. The molecule has 2 aromatic rings. The van der Waals surface area contributed by atoms with Crippen molar-refractivity contribution < 1.29 is 4.79 Å². The zero-order valence-electron chi connectivity index (χ0n) is 11.9. The van der Waals surface area contributed by atoms with Crippen LogP contribution < -0.4 is 0 Å². The summed E-state index contributed by atoms with van der Waals surface area (Å²) >= 11 is 5.94. The Morgan fingerprint density at radius 3 is 2.86 bits per heavy atom. The van der Waals surface area contributed by atoms with Gasteiger partial charge in [0.15, 0.2) is 0 Å². The number of pyridine rings is 2. The third-order valence-corrected chi connectivity index (χ3v) is 3.62. The molecule has 1 fully saturated rings. The number of amides is 1. The van der Waals surface area contributed by atoms with E-state index in [4.69, 9.17) is 11.6 Å². The van der Waals surface area contributed by atoms with Gasteiger partial charge in [0, 0.05) is 31.8 Å². The van der Waals surface area contributed by atoms with E-state index in [1.165, 1.54) is 5.01 Å². The SMILES string of the molecule is O=C1CCCN1N=C(Cc1ccnc(Cl)c1)c1ccccn1. The number of carbonyl (C=O) groups is 1. The lowest BCUT2D eigenvalue weighted by atomic mass is 10.1. The summed E-state index contributed by atoms with van der Waals surface area (Å²) in [5, 5.41) is 6.50. The van der Waals surface area contributed by atoms with Crippen LogP contribution in [0.4, 0.5) is 0 Å². The number of hydrogen-bond donors (Lipinski definition) is 0. The molecule has 112 valence electrons. The monoisotopic (exact) mass is 314 g/mol. The molecule has 6 heteroatoms. The number of hydrogen-bond acceptors (Lipinski definition) is 4. The molecule has 0 aromatic carbocycles. The van der Waals surface area contributed by atoms with Crippen molar-refractivity contribution in [1.82, 2.24) is 15.0 Å². The molecule has 3 heterocycles. The van der Waals surface area contributed by atoms with Crippen molar-refractivity contribution in [2.24, 2.45) is 5.10 Å². The molecule has 0 N–H and O–H groups in total. The minimum absolute atomic E-state index is 0.0567. The minimum atomic E-state index is 0.0567. The summed E-state index contributed by atoms with van der Waals surface area (Å²) in [6, 6.07) is 9.33. The summed E-state index contributed by atoms with van der Waals surface area (Å²) in [5.74, 6) is 0.0567. The summed E-state index contributed by atoms with van der Waals surface area (Å²) in [5.41, 5.74) is 2.49. The van der Waals surface area contributed by atoms with Gasteiger partial charge >= 0.3 is 0 Å². The van der Waals surface area contributed by atoms with Crippen LogP contribution in [0.2, 0.25) is 5.15 Å². The lowest BCUT2D eigenvalue weighted by Gasteiger charge is -2.13. The standard InChI is InChI=1S/C16H15ClN4O/c17-15-11-12(6-8-19-15)10-14(13-4-1-2-7-18-13)20-21-9-3-5-16(21)22/h1-2,4,6-8,11H,3,5,9-10H2. The maximum absolute atomic E-state index is 11.8. The number of nitrogens with zero attached hydrogens (tertiary/aromatic N) is 4. The van der Waals surface area contributed by atoms with E-state index in [9.17, 15) is 4.79 Å². The van der Waals surface area contributed by atoms with Crippen molar-refractivity contribution in [3.63, 3.8) is 0 Å². The van der Waals surface area contributed by atoms with E-state index < -0.39 is 0 Å². The van der Waals surface area contributed by atoms with Gasteiger partial charge in [-0.15, -0.1) is 0 Å². The second-order valence-corrected chi connectivity index (χ2v) is 5.43. The Morgan fingerprint density at radius 1 is 1.27 bits per heavy atom. The lowest BCUT2D eigenvalue weighted by molar-refractivity contribution is -0.127. The summed E-state index contributed by atoms with van der Waals surface area (Å²) in [4.78, 5) is 20.1. The largest absolute Gasteiger partial charge is 0.273 e. The Bertz CT molecular complexity index is 702. The molecule has 1 amide bonds. The molecule has 1 saturated heterocycles. The van der Waals surface area contributed by atoms with E-state index in [0.29, 0.717) is 24.5 Å². The quantitative estimate of drug-likeness (QED) is 0.644. The Labute approximate surface area is 133 Å². The second kappa shape index (κ2) is 6.66. The van der Waals surface area contributed by atoms with Crippen LogP contribution in [0.1, 0.15) is 24.1 Å². The molecule has 0 radical (unpaired) electrons. The van der Waals surface area contributed by atoms with Gasteiger partial charge in [-0.05, 0) is 36.2 Å². The average Bonchev–Trinajstić information content (AvgIpc) is 2.93. The Balaban J connectivity index is 1.92. The first-order chi connectivity index (χ1) is 10.7. The van der Waals surface area contributed by atoms with Crippen LogP contribution >= 0.6 is 11.6 Å². The van der Waals surface area contributed by atoms with Gasteiger partial charge in [-0.3, -0.25) is 9.78 Å². The molecule has 22 heavy (non-hydrogen) atoms. The third kappa shape index (κ3) is 3.49. The molecule has 5 nitrogen and oxygen atoms in total. The van der Waals surface area contributed by atoms with Gasteiger partial charge < -0.3 is 0 Å². The number of hydrazone groups is 1. The molecular weight excluding hydrogens is 300 g/mol. The van der Waals surface area contributed by atoms with Crippen molar-refractivity contribution in [1.29, 1.82) is 0 Å². The Morgan fingerprint density at radius 2 is 2.18 bits per heavy atom. The minimum Gasteiger partial charge on any atom is -0.273 e. The highest BCUT2D eigenvalue weighted by Crippen LogP contribution is 2.15. The van der Waals surface area contributed by atoms with E-state index in [0.717, 1.165) is 23.4 Å². The van der Waals surface area contributed by atoms with Gasteiger partial charge in [0.1, 0.15) is 5.15 Å². The van der Waals surface area contributed by atoms with Gasteiger partial charge in [0.2, 0.25) is 5.91 Å². The zero-order valence-corrected chi connectivity index (χ0v) is 12.7. The fourth-order valence-corrected chi connectivity index (χ4v) is 2.54. The summed E-state index contributed by atoms with van der Waals surface area (Å²) in [7, 11) is 0. The van der Waals surface area contributed by atoms with Gasteiger partial charge in [-0.2, -0.15) is 5.10 Å². The van der Waals surface area contributed by atoms with Gasteiger partial charge in [-0.25, -0.2) is 9.99 Å². The van der Waals surface area contributed by atoms with Crippen LogP contribution in [0.25, 0.3) is 0 Å². The summed E-state index contributed by atoms with van der Waals surface area (Å²) in [6.45, 7) is 0.659. The van der Waals surface area contributed by atoms with Crippen molar-refractivity contribution in [3.8, 4) is 0 Å². The van der Waals surface area contributed by atoms with Gasteiger partial charge in [-0.1, -0.05) is 17.7 Å². The maximum Gasteiger partial charge on any atom is 0.242 e.